The van der Waals surface area contributed by atoms with Gasteiger partial charge in [-0.25, -0.2) is 0 Å². The topological polar surface area (TPSA) is 18.5 Å². The highest BCUT2D eigenvalue weighted by Gasteiger charge is 2.26. The lowest BCUT2D eigenvalue weighted by Gasteiger charge is -2.14. The third-order valence-corrected chi connectivity index (χ3v) is 3.19. The van der Waals surface area contributed by atoms with Gasteiger partial charge in [0.05, 0.1) is 18.2 Å². The first kappa shape index (κ1) is 16.4. The van der Waals surface area contributed by atoms with Crippen LogP contribution in [0.4, 0.5) is 13.2 Å². The number of alkyl halides is 4. The Morgan fingerprint density at radius 1 is 1.32 bits per heavy atom. The molecule has 0 atom stereocenters. The van der Waals surface area contributed by atoms with Crippen LogP contribution in [0.15, 0.2) is 16.6 Å². The fourth-order valence-corrected chi connectivity index (χ4v) is 2.20. The van der Waals surface area contributed by atoms with Crippen molar-refractivity contribution in [1.29, 1.82) is 0 Å². The molecule has 1 rings (SSSR count). The van der Waals surface area contributed by atoms with E-state index in [4.69, 9.17) is 21.1 Å². The predicted octanol–water partition coefficient (Wildman–Crippen LogP) is 4.92. The van der Waals surface area contributed by atoms with Crippen LogP contribution in [0.3, 0.4) is 0 Å². The molecule has 0 fully saturated rings. The van der Waals surface area contributed by atoms with E-state index in [0.717, 1.165) is 5.56 Å². The Morgan fingerprint density at radius 3 is 2.53 bits per heavy atom. The summed E-state index contributed by atoms with van der Waals surface area (Å²) in [4.78, 5) is 0. The second-order valence-electron chi connectivity index (χ2n) is 3.81. The SMILES string of the molecule is COc1cc(CCl)cc(Br)c1OCCCC(F)(F)F. The summed E-state index contributed by atoms with van der Waals surface area (Å²) in [6.45, 7) is -0.0330. The highest BCUT2D eigenvalue weighted by molar-refractivity contribution is 9.10. The molecule has 19 heavy (non-hydrogen) atoms. The standard InChI is InChI=1S/C12H13BrClF3O2/c1-18-10-6-8(7-14)5-9(13)11(10)19-4-2-3-12(15,16)17/h5-6H,2-4,7H2,1H3. The Labute approximate surface area is 123 Å². The van der Waals surface area contributed by atoms with E-state index in [2.05, 4.69) is 15.9 Å². The van der Waals surface area contributed by atoms with E-state index in [9.17, 15) is 13.2 Å². The number of halogens is 5. The van der Waals surface area contributed by atoms with Crippen LogP contribution >= 0.6 is 27.5 Å². The van der Waals surface area contributed by atoms with Gasteiger partial charge in [0.25, 0.3) is 0 Å². The Kier molecular flexibility index (Phi) is 6.26. The average Bonchev–Trinajstić information content (AvgIpc) is 2.34. The minimum Gasteiger partial charge on any atom is -0.493 e. The molecule has 0 N–H and O–H groups in total. The smallest absolute Gasteiger partial charge is 0.389 e. The van der Waals surface area contributed by atoms with Gasteiger partial charge in [-0.1, -0.05) is 0 Å². The summed E-state index contributed by atoms with van der Waals surface area (Å²) in [5.74, 6) is 1.14. The van der Waals surface area contributed by atoms with E-state index >= 15 is 0 Å². The van der Waals surface area contributed by atoms with Gasteiger partial charge in [0.1, 0.15) is 0 Å². The number of benzene rings is 1. The molecule has 0 unspecified atom stereocenters. The second-order valence-corrected chi connectivity index (χ2v) is 4.93. The van der Waals surface area contributed by atoms with Crippen molar-refractivity contribution in [2.24, 2.45) is 0 Å². The van der Waals surface area contributed by atoms with E-state index in [-0.39, 0.29) is 13.0 Å². The first-order chi connectivity index (χ1) is 8.87. The Bertz CT molecular complexity index is 424. The molecule has 2 nitrogen and oxygen atoms in total. The van der Waals surface area contributed by atoms with E-state index in [0.29, 0.717) is 21.9 Å². The van der Waals surface area contributed by atoms with Crippen molar-refractivity contribution in [2.75, 3.05) is 13.7 Å². The summed E-state index contributed by atoms with van der Waals surface area (Å²) in [5, 5.41) is 0. The molecule has 0 heterocycles. The largest absolute Gasteiger partial charge is 0.493 e. The van der Waals surface area contributed by atoms with Crippen molar-refractivity contribution >= 4 is 27.5 Å². The normalized spacial score (nSPS) is 11.5. The van der Waals surface area contributed by atoms with Crippen molar-refractivity contribution in [3.8, 4) is 11.5 Å². The molecule has 0 aromatic heterocycles. The minimum absolute atomic E-state index is 0.0330. The van der Waals surface area contributed by atoms with Crippen LogP contribution in [-0.2, 0) is 5.88 Å². The van der Waals surface area contributed by atoms with Gasteiger partial charge in [0.2, 0.25) is 0 Å². The van der Waals surface area contributed by atoms with Gasteiger partial charge < -0.3 is 9.47 Å². The molecule has 108 valence electrons. The zero-order valence-corrected chi connectivity index (χ0v) is 12.5. The lowest BCUT2D eigenvalue weighted by molar-refractivity contribution is -0.136. The summed E-state index contributed by atoms with van der Waals surface area (Å²) in [6.07, 6.45) is -5.13. The highest BCUT2D eigenvalue weighted by atomic mass is 79.9. The molecule has 0 saturated heterocycles. The molecule has 1 aromatic carbocycles. The summed E-state index contributed by atoms with van der Waals surface area (Å²) >= 11 is 9.00. The van der Waals surface area contributed by atoms with Gasteiger partial charge >= 0.3 is 6.18 Å². The van der Waals surface area contributed by atoms with Crippen molar-refractivity contribution in [3.63, 3.8) is 0 Å². The lowest BCUT2D eigenvalue weighted by Crippen LogP contribution is -2.10. The third-order valence-electron chi connectivity index (χ3n) is 2.29. The van der Waals surface area contributed by atoms with Crippen LogP contribution < -0.4 is 9.47 Å². The zero-order chi connectivity index (χ0) is 14.5. The van der Waals surface area contributed by atoms with Gasteiger partial charge in [0, 0.05) is 12.3 Å². The molecule has 0 bridgehead atoms. The first-order valence-corrected chi connectivity index (χ1v) is 6.82. The van der Waals surface area contributed by atoms with E-state index in [1.807, 2.05) is 0 Å². The van der Waals surface area contributed by atoms with Gasteiger partial charge in [-0.3, -0.25) is 0 Å². The molecule has 0 radical (unpaired) electrons. The van der Waals surface area contributed by atoms with Crippen LogP contribution in [0.2, 0.25) is 0 Å². The monoisotopic (exact) mass is 360 g/mol. The van der Waals surface area contributed by atoms with Crippen LogP contribution in [0.25, 0.3) is 0 Å². The predicted molar refractivity (Wildman–Crippen MR) is 71.0 cm³/mol. The van der Waals surface area contributed by atoms with Gasteiger partial charge in [-0.15, -0.1) is 11.6 Å². The number of methoxy groups -OCH3 is 1. The second kappa shape index (κ2) is 7.24. The van der Waals surface area contributed by atoms with Gasteiger partial charge in [-0.2, -0.15) is 13.2 Å². The van der Waals surface area contributed by atoms with Crippen molar-refractivity contribution < 1.29 is 22.6 Å². The van der Waals surface area contributed by atoms with Crippen LogP contribution in [0, 0.1) is 0 Å². The average molecular weight is 362 g/mol. The number of ether oxygens (including phenoxy) is 2. The number of hydrogen-bond acceptors (Lipinski definition) is 2. The Morgan fingerprint density at radius 2 is 2.00 bits per heavy atom. The zero-order valence-electron chi connectivity index (χ0n) is 10.2. The minimum atomic E-state index is -4.16. The molecule has 0 aliphatic carbocycles. The molecular weight excluding hydrogens is 348 g/mol. The molecule has 0 amide bonds. The summed E-state index contributed by atoms with van der Waals surface area (Å²) in [7, 11) is 1.46. The maximum Gasteiger partial charge on any atom is 0.389 e. The third kappa shape index (κ3) is 5.48. The quantitative estimate of drug-likeness (QED) is 0.529. The number of hydrogen-bond donors (Lipinski definition) is 0. The fraction of sp³-hybridized carbons (Fsp3) is 0.500. The van der Waals surface area contributed by atoms with Crippen LogP contribution in [0.1, 0.15) is 18.4 Å². The molecule has 7 heteroatoms. The molecular formula is C12H13BrClF3O2. The Hall–Kier alpha value is -0.620. The number of rotatable bonds is 6. The highest BCUT2D eigenvalue weighted by Crippen LogP contribution is 2.37. The van der Waals surface area contributed by atoms with Crippen LogP contribution in [0.5, 0.6) is 11.5 Å². The van der Waals surface area contributed by atoms with Gasteiger partial charge in [0.15, 0.2) is 11.5 Å². The molecule has 0 aliphatic rings. The first-order valence-electron chi connectivity index (χ1n) is 5.49. The maximum atomic E-state index is 12.0. The van der Waals surface area contributed by atoms with E-state index in [1.165, 1.54) is 7.11 Å². The maximum absolute atomic E-state index is 12.0. The lowest BCUT2D eigenvalue weighted by atomic mass is 10.2. The van der Waals surface area contributed by atoms with E-state index < -0.39 is 12.6 Å². The Balaban J connectivity index is 2.67. The van der Waals surface area contributed by atoms with Crippen molar-refractivity contribution in [1.82, 2.24) is 0 Å². The molecule has 0 spiro atoms. The summed E-state index contributed by atoms with van der Waals surface area (Å²) in [6, 6.07) is 3.44. The summed E-state index contributed by atoms with van der Waals surface area (Å²) in [5.41, 5.74) is 0.827. The van der Waals surface area contributed by atoms with Crippen molar-refractivity contribution in [3.05, 3.63) is 22.2 Å². The molecule has 0 aliphatic heterocycles. The summed E-state index contributed by atoms with van der Waals surface area (Å²) < 4.78 is 47.1. The molecule has 1 aromatic rings. The van der Waals surface area contributed by atoms with Crippen LogP contribution in [-0.4, -0.2) is 19.9 Å². The molecule has 0 saturated carbocycles. The van der Waals surface area contributed by atoms with Crippen molar-refractivity contribution in [2.45, 2.75) is 24.9 Å². The fourth-order valence-electron chi connectivity index (χ4n) is 1.44. The van der Waals surface area contributed by atoms with Gasteiger partial charge in [-0.05, 0) is 40.0 Å². The van der Waals surface area contributed by atoms with E-state index in [1.54, 1.807) is 12.1 Å².